The minimum Gasteiger partial charge on any atom is -0.512 e. The number of aromatic nitrogens is 2. The fourth-order valence-electron chi connectivity index (χ4n) is 15.1. The second-order valence-corrected chi connectivity index (χ2v) is 36.0. The Morgan fingerprint density at radius 2 is 0.566 bits per heavy atom. The second kappa shape index (κ2) is 60.7. The normalized spacial score (nSPS) is 13.2. The van der Waals surface area contributed by atoms with E-state index in [0.717, 1.165) is 126 Å². The third-order valence-electron chi connectivity index (χ3n) is 23.2. The first-order chi connectivity index (χ1) is 69.4. The van der Waals surface area contributed by atoms with Crippen LogP contribution in [0, 0.1) is 25.7 Å². The smallest absolute Gasteiger partial charge is 0.512 e. The number of aromatic amines is 2. The highest BCUT2D eigenvalue weighted by Crippen LogP contribution is 2.36. The highest BCUT2D eigenvalue weighted by atomic mass is 16.4. The number of aliphatic hydroxyl groups excluding tert-OH is 2. The molecular weight excluding hydrogens is 1820 g/mol. The first kappa shape index (κ1) is 116. The molecule has 0 amide bonds. The van der Waals surface area contributed by atoms with Crippen LogP contribution in [0.25, 0.3) is 43.6 Å². The van der Waals surface area contributed by atoms with Crippen LogP contribution < -0.4 is 48.5 Å². The lowest BCUT2D eigenvalue weighted by Crippen LogP contribution is -2.28. The van der Waals surface area contributed by atoms with Crippen molar-refractivity contribution in [1.82, 2.24) is 9.97 Å². The molecule has 0 spiro atoms. The summed E-state index contributed by atoms with van der Waals surface area (Å²) in [6.07, 6.45) is 10.7. The quantitative estimate of drug-likeness (QED) is 0.0221. The molecule has 2 atom stereocenters. The van der Waals surface area contributed by atoms with Crippen LogP contribution in [-0.4, -0.2) is 77.0 Å². The molecule has 23 nitrogen and oxygen atoms in total. The number of H-pyrrole nitrogens is 2. The summed E-state index contributed by atoms with van der Waals surface area (Å²) in [5, 5.41) is 60.0. The van der Waals surface area contributed by atoms with Gasteiger partial charge in [0.15, 0.2) is 10.9 Å². The van der Waals surface area contributed by atoms with Crippen LogP contribution in [0.4, 0.5) is 62.6 Å². The number of fused-ring (bicyclic) bond motifs is 4. The summed E-state index contributed by atoms with van der Waals surface area (Å²) < 4.78 is 0. The lowest BCUT2D eigenvalue weighted by Gasteiger charge is -2.25. The molecule has 2 unspecified atom stereocenters. The lowest BCUT2D eigenvalue weighted by molar-refractivity contribution is -0.135. The van der Waals surface area contributed by atoms with Crippen LogP contribution in [0.15, 0.2) is 352 Å². The minimum absolute atomic E-state index is 0. The number of Topliss-reactive ketones (excluding diaryl/α,β-unsaturated/α-hetero) is 6. The SMILES string of the molecule is CC1=C(Nc2ccccc2)CC(C)=C(Nc2ccccc2)C1.CC1=C(O)CC(C)=C(O)C1.CC1CC(=O)C(C)CC1=O.CCCC(C)=O.CCCC(C)=O.CCCC(C)=O.CCCC(C)=O.Cc1cc(Nc2ccccc2)c(C)cc1Nc1ccccc1.Nc1ccccc1.O=C(O)c1cc(Nc2ccccc2)c(C(=O)O)cc1Nc1ccccc1.O=c1c2ccccc2[nH]c2cc3c(=O)c4ccccc4[nH]c3cc12.[H+]. The lowest BCUT2D eigenvalue weighted by atomic mass is 9.82. The average molecular weight is 1960 g/mol. The monoisotopic (exact) mass is 1960 g/mol. The Bertz CT molecular complexity index is 6460. The van der Waals surface area contributed by atoms with E-state index in [1.807, 2.05) is 183 Å². The van der Waals surface area contributed by atoms with Crippen molar-refractivity contribution in [2.75, 3.05) is 37.6 Å². The molecule has 2 heterocycles. The van der Waals surface area contributed by atoms with Crippen LogP contribution >= 0.6 is 0 Å². The van der Waals surface area contributed by atoms with Crippen molar-refractivity contribution in [2.45, 2.75) is 201 Å². The number of carboxylic acids is 2. The number of nitrogens with two attached hydrogens (primary N) is 1. The molecule has 0 radical (unpaired) electrons. The molecule has 145 heavy (non-hydrogen) atoms. The van der Waals surface area contributed by atoms with E-state index in [1.54, 1.807) is 100 Å². The number of aromatic carboxylic acids is 2. The van der Waals surface area contributed by atoms with Gasteiger partial charge in [0.25, 0.3) is 0 Å². The zero-order valence-corrected chi connectivity index (χ0v) is 86.3. The Kier molecular flexibility index (Phi) is 48.5. The topological polar surface area (TPSA) is 381 Å². The Morgan fingerprint density at radius 3 is 0.807 bits per heavy atom. The highest BCUT2D eigenvalue weighted by Gasteiger charge is 2.29. The molecule has 14 aromatic rings. The van der Waals surface area contributed by atoms with E-state index in [1.165, 1.54) is 45.8 Å². The summed E-state index contributed by atoms with van der Waals surface area (Å²) in [6, 6.07) is 94.0. The number of rotatable bonds is 22. The zero-order chi connectivity index (χ0) is 106. The molecule has 23 heteroatoms. The number of carboxylic acid groups (broad SMARTS) is 2. The fraction of sp³-hybridized carbons (Fsp3) is 0.262. The van der Waals surface area contributed by atoms with Crippen LogP contribution in [0.2, 0.25) is 0 Å². The molecule has 0 saturated heterocycles. The maximum absolute atomic E-state index is 12.8. The summed E-state index contributed by atoms with van der Waals surface area (Å²) in [7, 11) is 0. The van der Waals surface area contributed by atoms with Gasteiger partial charge in [-0.1, -0.05) is 193 Å². The van der Waals surface area contributed by atoms with E-state index in [9.17, 15) is 68.4 Å². The van der Waals surface area contributed by atoms with Gasteiger partial charge in [0.1, 0.15) is 34.7 Å². The number of allylic oxidation sites excluding steroid dienone is 4. The minimum atomic E-state index is -1.16. The summed E-state index contributed by atoms with van der Waals surface area (Å²) in [5.41, 5.74) is 27.1. The first-order valence-electron chi connectivity index (χ1n) is 49.0. The molecule has 12 aromatic carbocycles. The van der Waals surface area contributed by atoms with Crippen molar-refractivity contribution < 1.29 is 60.2 Å². The van der Waals surface area contributed by atoms with Gasteiger partial charge in [-0.05, 0) is 274 Å². The van der Waals surface area contributed by atoms with E-state index < -0.39 is 11.9 Å². The fourth-order valence-corrected chi connectivity index (χ4v) is 15.1. The predicted molar refractivity (Wildman–Crippen MR) is 599 cm³/mol. The molecule has 3 aliphatic carbocycles. The molecule has 1 saturated carbocycles. The maximum Gasteiger partial charge on any atom is 1.00 e. The third kappa shape index (κ3) is 39.6. The van der Waals surface area contributed by atoms with Crippen molar-refractivity contribution in [1.29, 1.82) is 0 Å². The number of hydrogen-bond donors (Lipinski definition) is 13. The van der Waals surface area contributed by atoms with Crippen molar-refractivity contribution in [3.63, 3.8) is 0 Å². The number of carbonyl (C=O) groups excluding carboxylic acids is 6. The van der Waals surface area contributed by atoms with E-state index in [4.69, 9.17) is 5.73 Å². The van der Waals surface area contributed by atoms with Gasteiger partial charge < -0.3 is 87.2 Å². The molecule has 17 rings (SSSR count). The standard InChI is InChI=1S/C20H16N2O4.C20H12N2O2.C20H22N2.C20H20N2.2C8H12O2.C6H7N.4C5H10O/c23-19(24)15-12-18(22-14-9-5-2-6-10-14)16(20(25)26)11-17(15)21-13-7-3-1-4-8-13;23-19-11-5-1-3-7-15(11)21-17-10-14-18(9-13(17)19)22-16-8-4-2-6-12(16)20(14)24;2*1-15-13-20(22-18-11-7-4-8-12-18)16(2)14-19(15)21-17-9-5-3-6-10-17;2*1-5-3-8(10)6(2)4-7(5)9;7-6-4-2-1-3-5-6;4*1-3-4-5(2)6/h1-12,21-22H,(H,23,24)(H,25,26);1-10H,(H,21,23)(H,22,24);3-12,21-22H,13-14H2,1-2H3;3-14,21-22H,1-2H3;9-10H,3-4H2,1-2H3;5-6H,3-4H2,1-2H3;1-5H,7H2;4*3-4H2,1-2H3/p+1. The summed E-state index contributed by atoms with van der Waals surface area (Å²) in [4.78, 5) is 118. The second-order valence-electron chi connectivity index (χ2n) is 36.0. The molecule has 14 N–H and O–H groups in total. The number of para-hydroxylation sites is 9. The molecule has 3 aliphatic rings. The number of pyridine rings is 2. The van der Waals surface area contributed by atoms with Crippen LogP contribution in [0.5, 0.6) is 0 Å². The summed E-state index contributed by atoms with van der Waals surface area (Å²) in [6.45, 7) is 30.5. The Morgan fingerprint density at radius 1 is 0.317 bits per heavy atom. The average Bonchev–Trinajstić information content (AvgIpc) is 0.739. The molecule has 0 aliphatic heterocycles. The Labute approximate surface area is 853 Å². The van der Waals surface area contributed by atoms with Crippen molar-refractivity contribution >= 4 is 153 Å². The Hall–Kier alpha value is -16.3. The van der Waals surface area contributed by atoms with Gasteiger partial charge >= 0.3 is 13.4 Å². The summed E-state index contributed by atoms with van der Waals surface area (Å²) in [5.74, 6) is 0.107. The van der Waals surface area contributed by atoms with Gasteiger partial charge in [-0.25, -0.2) is 9.59 Å². The summed E-state index contributed by atoms with van der Waals surface area (Å²) >= 11 is 0. The van der Waals surface area contributed by atoms with Crippen molar-refractivity contribution in [2.24, 2.45) is 11.8 Å². The number of aliphatic hydroxyl groups is 2. The first-order valence-corrected chi connectivity index (χ1v) is 49.0. The predicted octanol–water partition coefficient (Wildman–Crippen LogP) is 30.1. The number of carbonyl (C=O) groups is 8. The molecular formula is C122H142N9O14+. The number of nitrogen functional groups attached to an aromatic ring is 1. The highest BCUT2D eigenvalue weighted by molar-refractivity contribution is 6.05. The van der Waals surface area contributed by atoms with E-state index in [0.29, 0.717) is 81.2 Å². The number of aryl methyl sites for hydroxylation is 2. The van der Waals surface area contributed by atoms with E-state index >= 15 is 0 Å². The largest absolute Gasteiger partial charge is 1.00 e. The third-order valence-corrected chi connectivity index (χ3v) is 23.2. The van der Waals surface area contributed by atoms with E-state index in [-0.39, 0.29) is 81.3 Å². The van der Waals surface area contributed by atoms with Crippen molar-refractivity contribution in [3.05, 3.63) is 385 Å². The number of hydrogen-bond acceptors (Lipinski definition) is 19. The maximum atomic E-state index is 12.8. The zero-order valence-electron chi connectivity index (χ0n) is 87.3. The van der Waals surface area contributed by atoms with Gasteiger partial charge in [0, 0.05) is 171 Å². The molecule has 758 valence electrons. The van der Waals surface area contributed by atoms with Gasteiger partial charge in [-0.15, -0.1) is 0 Å². The number of nitrogens with one attached hydrogen (secondary N) is 8. The number of anilines is 11. The van der Waals surface area contributed by atoms with Gasteiger partial charge in [-0.3, -0.25) is 19.2 Å². The number of benzene rings is 12. The molecule has 1 fully saturated rings. The Balaban J connectivity index is 0.000000257. The van der Waals surface area contributed by atoms with Crippen LogP contribution in [0.3, 0.4) is 0 Å². The van der Waals surface area contributed by atoms with Gasteiger partial charge in [0.2, 0.25) is 0 Å². The van der Waals surface area contributed by atoms with Gasteiger partial charge in [-0.2, -0.15) is 0 Å². The van der Waals surface area contributed by atoms with Crippen molar-refractivity contribution in [3.8, 4) is 0 Å². The number of ketones is 6. The van der Waals surface area contributed by atoms with Gasteiger partial charge in [0.05, 0.1) is 45.1 Å². The van der Waals surface area contributed by atoms with Crippen LogP contribution in [-0.2, 0) is 28.8 Å². The molecule has 0 bridgehead atoms. The van der Waals surface area contributed by atoms with Crippen LogP contribution in [0.1, 0.15) is 220 Å². The van der Waals surface area contributed by atoms with E-state index in [2.05, 4.69) is 154 Å². The molecule has 2 aromatic heterocycles.